The van der Waals surface area contributed by atoms with Gasteiger partial charge >= 0.3 is 5.97 Å². The monoisotopic (exact) mass is 450 g/mol. The van der Waals surface area contributed by atoms with Crippen LogP contribution in [0.1, 0.15) is 36.3 Å². The lowest BCUT2D eigenvalue weighted by atomic mass is 9.77. The quantitative estimate of drug-likeness (QED) is 0.401. The first kappa shape index (κ1) is 22.1. The van der Waals surface area contributed by atoms with Crippen molar-refractivity contribution in [1.29, 1.82) is 0 Å². The van der Waals surface area contributed by atoms with E-state index in [1.807, 2.05) is 0 Å². The molecule has 1 atom stereocenters. The highest BCUT2D eigenvalue weighted by atomic mass is 16.6. The number of benzene rings is 2. The zero-order valence-electron chi connectivity index (χ0n) is 17.9. The van der Waals surface area contributed by atoms with E-state index in [1.165, 1.54) is 19.2 Å². The molecule has 1 aliphatic heterocycles. The van der Waals surface area contributed by atoms with Crippen molar-refractivity contribution in [3.63, 3.8) is 0 Å². The summed E-state index contributed by atoms with van der Waals surface area (Å²) in [4.78, 5) is 35.7. The van der Waals surface area contributed by atoms with E-state index in [1.54, 1.807) is 36.4 Å². The Balaban J connectivity index is 1.60. The Labute approximate surface area is 189 Å². The lowest BCUT2D eigenvalue weighted by Crippen LogP contribution is -2.31. The van der Waals surface area contributed by atoms with Gasteiger partial charge in [-0.1, -0.05) is 24.3 Å². The van der Waals surface area contributed by atoms with Gasteiger partial charge in [0, 0.05) is 30.5 Å². The molecule has 0 radical (unpaired) electrons. The van der Waals surface area contributed by atoms with Gasteiger partial charge in [-0.2, -0.15) is 0 Å². The third-order valence-corrected chi connectivity index (χ3v) is 5.63. The topological polar surface area (TPSA) is 131 Å². The van der Waals surface area contributed by atoms with Crippen LogP contribution in [0.3, 0.4) is 0 Å². The van der Waals surface area contributed by atoms with Crippen LogP contribution in [0.2, 0.25) is 0 Å². The summed E-state index contributed by atoms with van der Waals surface area (Å²) in [5, 5.41) is 10.9. The first-order chi connectivity index (χ1) is 15.9. The fraction of sp³-hybridized carbons (Fsp3) is 0.250. The van der Waals surface area contributed by atoms with Crippen molar-refractivity contribution in [3.05, 3.63) is 92.6 Å². The number of nitro groups is 1. The van der Waals surface area contributed by atoms with Crippen LogP contribution in [-0.2, 0) is 25.7 Å². The van der Waals surface area contributed by atoms with E-state index >= 15 is 0 Å². The summed E-state index contributed by atoms with van der Waals surface area (Å²) in [5.74, 6) is -0.480. The van der Waals surface area contributed by atoms with E-state index in [0.29, 0.717) is 47.5 Å². The molecule has 0 spiro atoms. The molecule has 0 amide bonds. The van der Waals surface area contributed by atoms with E-state index in [9.17, 15) is 19.7 Å². The highest BCUT2D eigenvalue weighted by Crippen LogP contribution is 2.44. The number of hydrogen-bond acceptors (Lipinski definition) is 8. The average molecular weight is 450 g/mol. The summed E-state index contributed by atoms with van der Waals surface area (Å²) in [6.45, 7) is 0.145. The number of carbonyl (C=O) groups excluding carboxylic acids is 2. The van der Waals surface area contributed by atoms with Crippen LogP contribution in [0.15, 0.2) is 71.3 Å². The number of carbonyl (C=O) groups is 2. The van der Waals surface area contributed by atoms with E-state index < -0.39 is 16.8 Å². The van der Waals surface area contributed by atoms with Gasteiger partial charge in [-0.25, -0.2) is 4.79 Å². The van der Waals surface area contributed by atoms with Gasteiger partial charge < -0.3 is 19.9 Å². The van der Waals surface area contributed by atoms with Gasteiger partial charge in [-0.05, 0) is 29.7 Å². The van der Waals surface area contributed by atoms with Crippen LogP contribution in [0.4, 0.5) is 5.69 Å². The number of nitrogens with two attached hydrogens (primary N) is 1. The van der Waals surface area contributed by atoms with Crippen LogP contribution in [0, 0.1) is 10.1 Å². The fourth-order valence-electron chi connectivity index (χ4n) is 4.08. The van der Waals surface area contributed by atoms with E-state index in [2.05, 4.69) is 0 Å². The minimum absolute atomic E-state index is 0.00749. The molecule has 9 heteroatoms. The first-order valence-corrected chi connectivity index (χ1v) is 10.4. The maximum atomic E-state index is 12.8. The Morgan fingerprint density at radius 2 is 1.97 bits per heavy atom. The summed E-state index contributed by atoms with van der Waals surface area (Å²) in [7, 11) is 1.25. The number of Topliss-reactive ketones (excluding diaryl/α,β-unsaturated/α-hetero) is 1. The molecule has 0 fully saturated rings. The minimum Gasteiger partial charge on any atom is -0.489 e. The van der Waals surface area contributed by atoms with Gasteiger partial charge in [0.15, 0.2) is 5.78 Å². The smallest absolute Gasteiger partial charge is 0.340 e. The number of ether oxygens (including phenoxy) is 3. The van der Waals surface area contributed by atoms with Gasteiger partial charge in [-0.3, -0.25) is 14.9 Å². The van der Waals surface area contributed by atoms with Gasteiger partial charge in [0.2, 0.25) is 5.88 Å². The number of hydrogen-bond donors (Lipinski definition) is 1. The molecule has 0 saturated heterocycles. The summed E-state index contributed by atoms with van der Waals surface area (Å²) in [6.07, 6.45) is 1.60. The predicted molar refractivity (Wildman–Crippen MR) is 117 cm³/mol. The van der Waals surface area contributed by atoms with Crippen molar-refractivity contribution in [2.75, 3.05) is 7.11 Å². The number of rotatable bonds is 6. The van der Waals surface area contributed by atoms with E-state index in [4.69, 9.17) is 19.9 Å². The molecule has 1 aliphatic carbocycles. The maximum Gasteiger partial charge on any atom is 0.340 e. The van der Waals surface area contributed by atoms with Crippen LogP contribution in [-0.4, -0.2) is 23.8 Å². The number of nitro benzene ring substituents is 1. The maximum absolute atomic E-state index is 12.8. The number of nitrogens with zero attached hydrogens (tertiary/aromatic N) is 1. The highest BCUT2D eigenvalue weighted by Gasteiger charge is 2.41. The molecule has 0 aromatic heterocycles. The third kappa shape index (κ3) is 4.43. The Hall–Kier alpha value is -4.14. The lowest BCUT2D eigenvalue weighted by Gasteiger charge is -2.32. The SMILES string of the molecule is COC(=O)C1=C(N)OC2=C(C(=O)CCC2)[C@@H]1c1ccc(OCc2cccc([N+](=O)[O-])c2)cc1. The van der Waals surface area contributed by atoms with Crippen molar-refractivity contribution in [1.82, 2.24) is 0 Å². The molecule has 170 valence electrons. The zero-order chi connectivity index (χ0) is 23.5. The van der Waals surface area contributed by atoms with Crippen LogP contribution in [0.5, 0.6) is 5.75 Å². The molecule has 4 rings (SSSR count). The van der Waals surface area contributed by atoms with Crippen LogP contribution < -0.4 is 10.5 Å². The lowest BCUT2D eigenvalue weighted by molar-refractivity contribution is -0.384. The Morgan fingerprint density at radius 3 is 2.67 bits per heavy atom. The molecule has 2 aromatic rings. The molecular formula is C24H22N2O7. The molecule has 9 nitrogen and oxygen atoms in total. The Bertz CT molecular complexity index is 1180. The molecule has 33 heavy (non-hydrogen) atoms. The zero-order valence-corrected chi connectivity index (χ0v) is 17.9. The average Bonchev–Trinajstić information content (AvgIpc) is 2.82. The van der Waals surface area contributed by atoms with Crippen molar-refractivity contribution < 1.29 is 28.7 Å². The van der Waals surface area contributed by atoms with Crippen molar-refractivity contribution >= 4 is 17.4 Å². The standard InChI is InChI=1S/C24H22N2O7/c1-31-24(28)22-20(21-18(27)6-3-7-19(21)33-23(22)25)15-8-10-17(11-9-15)32-13-14-4-2-5-16(12-14)26(29)30/h2,4-5,8-12,20H,3,6-7,13,25H2,1H3/t20-/m0/s1. The number of esters is 1. The predicted octanol–water partition coefficient (Wildman–Crippen LogP) is 3.64. The number of allylic oxidation sites excluding steroid dienone is 2. The highest BCUT2D eigenvalue weighted by molar-refractivity contribution is 6.03. The molecule has 2 aromatic carbocycles. The van der Waals surface area contributed by atoms with Crippen molar-refractivity contribution in [2.45, 2.75) is 31.8 Å². The second-order valence-corrected chi connectivity index (χ2v) is 7.70. The van der Waals surface area contributed by atoms with Gasteiger partial charge in [0.1, 0.15) is 23.7 Å². The molecule has 2 N–H and O–H groups in total. The summed E-state index contributed by atoms with van der Waals surface area (Å²) in [5.41, 5.74) is 7.90. The van der Waals surface area contributed by atoms with Crippen molar-refractivity contribution in [2.24, 2.45) is 5.73 Å². The van der Waals surface area contributed by atoms with Gasteiger partial charge in [-0.15, -0.1) is 0 Å². The van der Waals surface area contributed by atoms with E-state index in [-0.39, 0.29) is 29.5 Å². The molecule has 0 saturated carbocycles. The van der Waals surface area contributed by atoms with Gasteiger partial charge in [0.25, 0.3) is 5.69 Å². The number of ketones is 1. The molecule has 0 unspecified atom stereocenters. The fourth-order valence-corrected chi connectivity index (χ4v) is 4.08. The largest absolute Gasteiger partial charge is 0.489 e. The summed E-state index contributed by atoms with van der Waals surface area (Å²) < 4.78 is 16.3. The summed E-state index contributed by atoms with van der Waals surface area (Å²) >= 11 is 0. The molecule has 1 heterocycles. The van der Waals surface area contributed by atoms with Gasteiger partial charge in [0.05, 0.1) is 18.0 Å². The second kappa shape index (κ2) is 9.15. The Morgan fingerprint density at radius 1 is 1.21 bits per heavy atom. The second-order valence-electron chi connectivity index (χ2n) is 7.70. The summed E-state index contributed by atoms with van der Waals surface area (Å²) in [6, 6.07) is 13.1. The molecule has 0 bridgehead atoms. The van der Waals surface area contributed by atoms with Crippen molar-refractivity contribution in [3.8, 4) is 5.75 Å². The van der Waals surface area contributed by atoms with Crippen LogP contribution in [0.25, 0.3) is 0 Å². The van der Waals surface area contributed by atoms with E-state index in [0.717, 1.165) is 0 Å². The minimum atomic E-state index is -0.695. The molecular weight excluding hydrogens is 428 g/mol. The normalized spacial score (nSPS) is 17.8. The molecule has 2 aliphatic rings. The Kier molecular flexibility index (Phi) is 6.12. The third-order valence-electron chi connectivity index (χ3n) is 5.63. The number of non-ortho nitro benzene ring substituents is 1. The first-order valence-electron chi connectivity index (χ1n) is 10.4. The van der Waals surface area contributed by atoms with Crippen LogP contribution >= 0.6 is 0 Å². The number of methoxy groups -OCH3 is 1.